The highest BCUT2D eigenvalue weighted by Crippen LogP contribution is 2.36. The first-order valence-electron chi connectivity index (χ1n) is 7.79. The molecule has 114 valence electrons. The summed E-state index contributed by atoms with van der Waals surface area (Å²) in [6.07, 6.45) is 4.32. The van der Waals surface area contributed by atoms with E-state index in [0.29, 0.717) is 12.1 Å². The molecule has 0 spiro atoms. The van der Waals surface area contributed by atoms with E-state index in [1.807, 2.05) is 30.3 Å². The molecule has 4 heteroatoms. The summed E-state index contributed by atoms with van der Waals surface area (Å²) >= 11 is 0. The minimum Gasteiger partial charge on any atom is -0.460 e. The van der Waals surface area contributed by atoms with Crippen LogP contribution in [-0.2, 0) is 9.53 Å². The first kappa shape index (κ1) is 14.5. The van der Waals surface area contributed by atoms with Gasteiger partial charge in [-0.1, -0.05) is 30.3 Å². The second-order valence-electron chi connectivity index (χ2n) is 6.16. The van der Waals surface area contributed by atoms with Crippen molar-refractivity contribution in [2.24, 2.45) is 0 Å². The van der Waals surface area contributed by atoms with Crippen molar-refractivity contribution in [3.05, 3.63) is 35.9 Å². The van der Waals surface area contributed by atoms with Crippen LogP contribution in [0.3, 0.4) is 0 Å². The Bertz CT molecular complexity index is 490. The van der Waals surface area contributed by atoms with Crippen molar-refractivity contribution in [3.63, 3.8) is 0 Å². The number of hydrogen-bond acceptors (Lipinski definition) is 4. The van der Waals surface area contributed by atoms with E-state index in [9.17, 15) is 9.90 Å². The first-order valence-corrected chi connectivity index (χ1v) is 7.79. The number of aliphatic hydroxyl groups is 1. The molecule has 1 aromatic carbocycles. The van der Waals surface area contributed by atoms with E-state index in [4.69, 9.17) is 4.74 Å². The first-order chi connectivity index (χ1) is 10.2. The Labute approximate surface area is 125 Å². The maximum absolute atomic E-state index is 12.4. The molecule has 2 heterocycles. The Hall–Kier alpha value is -1.39. The number of carbonyl (C=O) groups is 1. The summed E-state index contributed by atoms with van der Waals surface area (Å²) in [5.41, 5.74) is 0.818. The minimum atomic E-state index is -0.573. The number of piperidine rings is 1. The number of rotatable bonds is 4. The summed E-state index contributed by atoms with van der Waals surface area (Å²) < 4.78 is 5.76. The van der Waals surface area contributed by atoms with Crippen LogP contribution in [0.1, 0.15) is 37.2 Å². The van der Waals surface area contributed by atoms with Gasteiger partial charge in [-0.2, -0.15) is 0 Å². The quantitative estimate of drug-likeness (QED) is 0.861. The monoisotopic (exact) mass is 289 g/mol. The van der Waals surface area contributed by atoms with Crippen LogP contribution in [0.4, 0.5) is 0 Å². The predicted molar refractivity (Wildman–Crippen MR) is 80.0 cm³/mol. The highest BCUT2D eigenvalue weighted by atomic mass is 16.5. The van der Waals surface area contributed by atoms with Crippen LogP contribution in [-0.4, -0.2) is 47.8 Å². The van der Waals surface area contributed by atoms with Crippen molar-refractivity contribution >= 4 is 5.97 Å². The summed E-state index contributed by atoms with van der Waals surface area (Å²) in [6.45, 7) is -0.210. The van der Waals surface area contributed by atoms with Gasteiger partial charge in [-0.15, -0.1) is 0 Å². The molecular weight excluding hydrogens is 266 g/mol. The zero-order valence-electron chi connectivity index (χ0n) is 12.4. The Morgan fingerprint density at radius 3 is 2.71 bits per heavy atom. The summed E-state index contributed by atoms with van der Waals surface area (Å²) in [5, 5.41) is 9.55. The summed E-state index contributed by atoms with van der Waals surface area (Å²) in [7, 11) is 2.13. The highest BCUT2D eigenvalue weighted by molar-refractivity contribution is 5.78. The van der Waals surface area contributed by atoms with E-state index < -0.39 is 5.92 Å². The lowest BCUT2D eigenvalue weighted by Crippen LogP contribution is -2.47. The topological polar surface area (TPSA) is 49.8 Å². The van der Waals surface area contributed by atoms with E-state index in [2.05, 4.69) is 11.9 Å². The molecule has 0 aromatic heterocycles. The fourth-order valence-corrected chi connectivity index (χ4v) is 3.76. The van der Waals surface area contributed by atoms with Gasteiger partial charge in [-0.05, 0) is 38.3 Å². The SMILES string of the molecule is CN1[C@@H]2CC[C@@H]1[C@H](OC(=O)[C@@H](CO)c1ccccc1)CC2. The molecule has 2 aliphatic rings. The molecular formula is C17H23NO3. The maximum atomic E-state index is 12.4. The van der Waals surface area contributed by atoms with E-state index in [-0.39, 0.29) is 18.7 Å². The van der Waals surface area contributed by atoms with Crippen molar-refractivity contribution in [1.82, 2.24) is 4.90 Å². The van der Waals surface area contributed by atoms with Crippen LogP contribution in [0.15, 0.2) is 30.3 Å². The molecule has 0 unspecified atom stereocenters. The number of hydrogen-bond donors (Lipinski definition) is 1. The third kappa shape index (κ3) is 2.83. The van der Waals surface area contributed by atoms with Crippen LogP contribution >= 0.6 is 0 Å². The van der Waals surface area contributed by atoms with Gasteiger partial charge in [0.1, 0.15) is 12.0 Å². The van der Waals surface area contributed by atoms with Crippen molar-refractivity contribution in [1.29, 1.82) is 0 Å². The normalized spacial score (nSPS) is 30.1. The molecule has 0 aliphatic carbocycles. The van der Waals surface area contributed by atoms with Gasteiger partial charge in [0.15, 0.2) is 0 Å². The number of esters is 1. The standard InChI is InChI=1S/C17H23NO3/c1-18-13-7-9-15(18)16(10-8-13)21-17(20)14(11-19)12-5-3-2-4-6-12/h2-6,13-16,19H,7-11H2,1H3/t13-,14+,15-,16-/m1/s1. The molecule has 2 saturated heterocycles. The van der Waals surface area contributed by atoms with E-state index in [0.717, 1.165) is 24.8 Å². The molecule has 1 aromatic rings. The number of ether oxygens (including phenoxy) is 1. The average Bonchev–Trinajstić information content (AvgIpc) is 2.73. The molecule has 0 radical (unpaired) electrons. The van der Waals surface area contributed by atoms with Gasteiger partial charge in [0.2, 0.25) is 0 Å². The van der Waals surface area contributed by atoms with Crippen molar-refractivity contribution in [2.75, 3.05) is 13.7 Å². The summed E-state index contributed by atoms with van der Waals surface area (Å²) in [6, 6.07) is 10.4. The van der Waals surface area contributed by atoms with Gasteiger partial charge >= 0.3 is 5.97 Å². The molecule has 2 aliphatic heterocycles. The third-order valence-corrected chi connectivity index (χ3v) is 5.04. The molecule has 3 rings (SSSR count). The lowest BCUT2D eigenvalue weighted by molar-refractivity contribution is -0.157. The molecule has 1 N–H and O–H groups in total. The van der Waals surface area contributed by atoms with Gasteiger partial charge < -0.3 is 9.84 Å². The molecule has 2 fully saturated rings. The Balaban J connectivity index is 1.68. The van der Waals surface area contributed by atoms with Gasteiger partial charge in [-0.25, -0.2) is 0 Å². The zero-order valence-corrected chi connectivity index (χ0v) is 12.4. The lowest BCUT2D eigenvalue weighted by Gasteiger charge is -2.37. The van der Waals surface area contributed by atoms with E-state index >= 15 is 0 Å². The zero-order chi connectivity index (χ0) is 14.8. The van der Waals surface area contributed by atoms with Gasteiger partial charge in [-0.3, -0.25) is 9.69 Å². The Morgan fingerprint density at radius 2 is 2.00 bits per heavy atom. The average molecular weight is 289 g/mol. The molecule has 0 amide bonds. The summed E-state index contributed by atoms with van der Waals surface area (Å²) in [4.78, 5) is 14.8. The second-order valence-corrected chi connectivity index (χ2v) is 6.16. The van der Waals surface area contributed by atoms with Crippen LogP contribution in [0.2, 0.25) is 0 Å². The van der Waals surface area contributed by atoms with Crippen molar-refractivity contribution in [2.45, 2.75) is 49.8 Å². The van der Waals surface area contributed by atoms with Crippen molar-refractivity contribution < 1.29 is 14.6 Å². The van der Waals surface area contributed by atoms with Gasteiger partial charge in [0.25, 0.3) is 0 Å². The minimum absolute atomic E-state index is 0.0287. The number of fused-ring (bicyclic) bond motifs is 2. The van der Waals surface area contributed by atoms with Crippen LogP contribution in [0, 0.1) is 0 Å². The smallest absolute Gasteiger partial charge is 0.316 e. The van der Waals surface area contributed by atoms with E-state index in [1.54, 1.807) is 0 Å². The molecule has 4 atom stereocenters. The van der Waals surface area contributed by atoms with Crippen molar-refractivity contribution in [3.8, 4) is 0 Å². The predicted octanol–water partition coefficient (Wildman–Crippen LogP) is 1.93. The molecule has 4 nitrogen and oxygen atoms in total. The number of likely N-dealkylation sites (N-methyl/N-ethyl adjacent to an activating group) is 1. The Morgan fingerprint density at radius 1 is 1.29 bits per heavy atom. The molecule has 2 bridgehead atoms. The highest BCUT2D eigenvalue weighted by Gasteiger charge is 2.42. The second kappa shape index (κ2) is 6.16. The number of benzene rings is 1. The Kier molecular flexibility index (Phi) is 4.27. The molecule has 0 saturated carbocycles. The lowest BCUT2D eigenvalue weighted by atomic mass is 9.98. The largest absolute Gasteiger partial charge is 0.460 e. The van der Waals surface area contributed by atoms with Crippen LogP contribution in [0.25, 0.3) is 0 Å². The fourth-order valence-electron chi connectivity index (χ4n) is 3.76. The fraction of sp³-hybridized carbons (Fsp3) is 0.588. The van der Waals surface area contributed by atoms with Gasteiger partial charge in [0, 0.05) is 12.1 Å². The number of carbonyl (C=O) groups excluding carboxylic acids is 1. The van der Waals surface area contributed by atoms with E-state index in [1.165, 1.54) is 6.42 Å². The third-order valence-electron chi connectivity index (χ3n) is 5.04. The van der Waals surface area contributed by atoms with Crippen LogP contribution in [0.5, 0.6) is 0 Å². The maximum Gasteiger partial charge on any atom is 0.316 e. The van der Waals surface area contributed by atoms with Gasteiger partial charge in [0.05, 0.1) is 6.61 Å². The molecule has 21 heavy (non-hydrogen) atoms. The summed E-state index contributed by atoms with van der Waals surface area (Å²) in [5.74, 6) is -0.872. The number of nitrogens with zero attached hydrogens (tertiary/aromatic N) is 1. The van der Waals surface area contributed by atoms with Crippen LogP contribution < -0.4 is 0 Å². The number of aliphatic hydroxyl groups excluding tert-OH is 1.